The zero-order chi connectivity index (χ0) is 13.2. The Labute approximate surface area is 111 Å². The van der Waals surface area contributed by atoms with E-state index in [2.05, 4.69) is 0 Å². The van der Waals surface area contributed by atoms with Gasteiger partial charge in [0.1, 0.15) is 0 Å². The van der Waals surface area contributed by atoms with Gasteiger partial charge in [-0.05, 0) is 12.8 Å². The number of piperidine rings is 1. The maximum atomic E-state index is 12.5. The molecular weight excluding hydrogens is 274 g/mol. The second-order valence-corrected chi connectivity index (χ2v) is 8.33. The van der Waals surface area contributed by atoms with Gasteiger partial charge < -0.3 is 5.73 Å². The van der Waals surface area contributed by atoms with E-state index in [9.17, 15) is 12.6 Å². The van der Waals surface area contributed by atoms with Crippen LogP contribution in [0.3, 0.4) is 0 Å². The Kier molecular flexibility index (Phi) is 4.76. The van der Waals surface area contributed by atoms with E-state index in [1.54, 1.807) is 4.31 Å². The number of nitrogens with two attached hydrogens (primary N) is 1. The molecule has 1 atom stereocenters. The molecule has 0 aromatic rings. The summed E-state index contributed by atoms with van der Waals surface area (Å²) in [6, 6.07) is -0.0730. The maximum absolute atomic E-state index is 12.5. The molecule has 2 rings (SSSR count). The Morgan fingerprint density at radius 2 is 1.83 bits per heavy atom. The number of hydrogen-bond acceptors (Lipinski definition) is 4. The Balaban J connectivity index is 2.11. The summed E-state index contributed by atoms with van der Waals surface area (Å²) in [6.45, 7) is 1.66. The van der Waals surface area contributed by atoms with E-state index >= 15 is 0 Å². The Hall–Kier alpha value is -0.0200. The van der Waals surface area contributed by atoms with Crippen LogP contribution >= 0.6 is 0 Å². The zero-order valence-electron chi connectivity index (χ0n) is 10.5. The molecule has 18 heavy (non-hydrogen) atoms. The smallest absolute Gasteiger partial charge is 0.282 e. The van der Waals surface area contributed by atoms with Crippen LogP contribution in [0.2, 0.25) is 0 Å². The predicted molar refractivity (Wildman–Crippen MR) is 71.8 cm³/mol. The molecule has 6 nitrogen and oxygen atoms in total. The molecule has 0 radical (unpaired) electrons. The lowest BCUT2D eigenvalue weighted by Gasteiger charge is -2.38. The molecule has 2 N–H and O–H groups in total. The average molecular weight is 295 g/mol. The molecule has 2 saturated heterocycles. The van der Waals surface area contributed by atoms with Gasteiger partial charge in [-0.25, -0.2) is 0 Å². The highest BCUT2D eigenvalue weighted by molar-refractivity contribution is 7.87. The molecule has 0 aromatic heterocycles. The van der Waals surface area contributed by atoms with Gasteiger partial charge in [0.25, 0.3) is 10.2 Å². The van der Waals surface area contributed by atoms with Crippen molar-refractivity contribution < 1.29 is 12.6 Å². The first kappa shape index (κ1) is 14.4. The Morgan fingerprint density at radius 3 is 2.44 bits per heavy atom. The highest BCUT2D eigenvalue weighted by Crippen LogP contribution is 2.22. The summed E-state index contributed by atoms with van der Waals surface area (Å²) in [5.74, 6) is 0.890. The minimum Gasteiger partial charge on any atom is -0.329 e. The normalized spacial score (nSPS) is 29.5. The summed E-state index contributed by atoms with van der Waals surface area (Å²) >= 11 is 0. The monoisotopic (exact) mass is 295 g/mol. The molecule has 0 spiro atoms. The summed E-state index contributed by atoms with van der Waals surface area (Å²) in [5, 5.41) is 0. The topological polar surface area (TPSA) is 83.7 Å². The van der Waals surface area contributed by atoms with Crippen molar-refractivity contribution in [2.45, 2.75) is 25.3 Å². The van der Waals surface area contributed by atoms with Gasteiger partial charge in [0, 0.05) is 54.5 Å². The van der Waals surface area contributed by atoms with Crippen molar-refractivity contribution in [3.05, 3.63) is 0 Å². The second-order valence-electron chi connectivity index (χ2n) is 4.75. The van der Waals surface area contributed by atoms with Gasteiger partial charge in [-0.1, -0.05) is 6.42 Å². The SMILES string of the molecule is NCC1CCCCN1S(=O)(=O)N1CCS(=O)CC1. The third-order valence-electron chi connectivity index (χ3n) is 3.60. The van der Waals surface area contributed by atoms with Crippen LogP contribution < -0.4 is 5.73 Å². The van der Waals surface area contributed by atoms with Crippen molar-refractivity contribution in [2.75, 3.05) is 37.7 Å². The molecular formula is C10H21N3O3S2. The fourth-order valence-corrected chi connectivity index (χ4v) is 5.67. The van der Waals surface area contributed by atoms with E-state index in [1.807, 2.05) is 0 Å². The van der Waals surface area contributed by atoms with Crippen LogP contribution in [0.5, 0.6) is 0 Å². The van der Waals surface area contributed by atoms with Gasteiger partial charge in [0.05, 0.1) is 0 Å². The number of hydrogen-bond donors (Lipinski definition) is 1. The molecule has 0 amide bonds. The highest BCUT2D eigenvalue weighted by atomic mass is 32.2. The van der Waals surface area contributed by atoms with Crippen molar-refractivity contribution in [3.63, 3.8) is 0 Å². The molecule has 2 heterocycles. The van der Waals surface area contributed by atoms with E-state index in [1.165, 1.54) is 4.31 Å². The van der Waals surface area contributed by atoms with Crippen LogP contribution in [0, 0.1) is 0 Å². The van der Waals surface area contributed by atoms with Crippen LogP contribution in [-0.4, -0.2) is 65.0 Å². The summed E-state index contributed by atoms with van der Waals surface area (Å²) in [7, 11) is -4.28. The van der Waals surface area contributed by atoms with Crippen LogP contribution in [-0.2, 0) is 21.0 Å². The molecule has 0 bridgehead atoms. The number of rotatable bonds is 3. The zero-order valence-corrected chi connectivity index (χ0v) is 12.1. The van der Waals surface area contributed by atoms with Gasteiger partial charge in [-0.15, -0.1) is 0 Å². The second kappa shape index (κ2) is 5.96. The Bertz CT molecular complexity index is 403. The lowest BCUT2D eigenvalue weighted by molar-refractivity contribution is 0.237. The Morgan fingerprint density at radius 1 is 1.17 bits per heavy atom. The summed E-state index contributed by atoms with van der Waals surface area (Å²) in [5.41, 5.74) is 5.67. The first-order valence-electron chi connectivity index (χ1n) is 6.37. The van der Waals surface area contributed by atoms with Crippen LogP contribution in [0.15, 0.2) is 0 Å². The third kappa shape index (κ3) is 2.93. The molecule has 0 aromatic carbocycles. The predicted octanol–water partition coefficient (Wildman–Crippen LogP) is -0.891. The quantitative estimate of drug-likeness (QED) is 0.732. The average Bonchev–Trinajstić information content (AvgIpc) is 2.39. The minimum atomic E-state index is -3.42. The van der Waals surface area contributed by atoms with E-state index in [-0.39, 0.29) is 6.04 Å². The van der Waals surface area contributed by atoms with Gasteiger partial charge in [-0.3, -0.25) is 4.21 Å². The van der Waals surface area contributed by atoms with Crippen molar-refractivity contribution >= 4 is 21.0 Å². The minimum absolute atomic E-state index is 0.0730. The molecule has 0 aliphatic carbocycles. The fourth-order valence-electron chi connectivity index (χ4n) is 2.51. The lowest BCUT2D eigenvalue weighted by atomic mass is 10.1. The molecule has 2 aliphatic rings. The van der Waals surface area contributed by atoms with E-state index < -0.39 is 21.0 Å². The molecule has 2 aliphatic heterocycles. The van der Waals surface area contributed by atoms with Crippen molar-refractivity contribution in [2.24, 2.45) is 5.73 Å². The van der Waals surface area contributed by atoms with Crippen molar-refractivity contribution in [3.8, 4) is 0 Å². The summed E-state index contributed by atoms with van der Waals surface area (Å²) in [6.07, 6.45) is 2.78. The van der Waals surface area contributed by atoms with Gasteiger partial charge >= 0.3 is 0 Å². The lowest BCUT2D eigenvalue weighted by Crippen LogP contribution is -2.55. The molecule has 1 unspecified atom stereocenters. The largest absolute Gasteiger partial charge is 0.329 e. The van der Waals surface area contributed by atoms with Gasteiger partial charge in [0.2, 0.25) is 0 Å². The molecule has 8 heteroatoms. The van der Waals surface area contributed by atoms with Crippen LogP contribution in [0.4, 0.5) is 0 Å². The highest BCUT2D eigenvalue weighted by Gasteiger charge is 2.37. The fraction of sp³-hybridized carbons (Fsp3) is 1.00. The third-order valence-corrected chi connectivity index (χ3v) is 6.97. The van der Waals surface area contributed by atoms with Crippen LogP contribution in [0.1, 0.15) is 19.3 Å². The van der Waals surface area contributed by atoms with Crippen molar-refractivity contribution in [1.29, 1.82) is 0 Å². The standard InChI is InChI=1S/C10H21N3O3S2/c11-9-10-3-1-2-4-13(10)18(15,16)12-5-7-17(14)8-6-12/h10H,1-9,11H2. The van der Waals surface area contributed by atoms with E-state index in [0.29, 0.717) is 37.7 Å². The summed E-state index contributed by atoms with van der Waals surface area (Å²) in [4.78, 5) is 0. The molecule has 2 fully saturated rings. The van der Waals surface area contributed by atoms with E-state index in [0.717, 1.165) is 19.3 Å². The van der Waals surface area contributed by atoms with Crippen LogP contribution in [0.25, 0.3) is 0 Å². The maximum Gasteiger partial charge on any atom is 0.282 e. The van der Waals surface area contributed by atoms with Crippen molar-refractivity contribution in [1.82, 2.24) is 8.61 Å². The molecule has 0 saturated carbocycles. The first-order chi connectivity index (χ1) is 8.55. The van der Waals surface area contributed by atoms with E-state index in [4.69, 9.17) is 5.73 Å². The van der Waals surface area contributed by atoms with Gasteiger partial charge in [-0.2, -0.15) is 17.0 Å². The van der Waals surface area contributed by atoms with Gasteiger partial charge in [0.15, 0.2) is 0 Å². The molecule has 106 valence electrons. The first-order valence-corrected chi connectivity index (χ1v) is 9.26. The number of nitrogens with zero attached hydrogens (tertiary/aromatic N) is 2. The summed E-state index contributed by atoms with van der Waals surface area (Å²) < 4.78 is 39.3.